The minimum Gasteiger partial charge on any atom is -0.489 e. The molecule has 1 fully saturated rings. The molecule has 164 valence electrons. The van der Waals surface area contributed by atoms with Gasteiger partial charge < -0.3 is 15.4 Å². The van der Waals surface area contributed by atoms with Crippen LogP contribution in [0.4, 0.5) is 0 Å². The van der Waals surface area contributed by atoms with E-state index in [4.69, 9.17) is 4.74 Å². The average molecular weight is 522 g/mol. The normalized spacial score (nSPS) is 17.5. The summed E-state index contributed by atoms with van der Waals surface area (Å²) >= 11 is 0. The van der Waals surface area contributed by atoms with Crippen LogP contribution in [-0.4, -0.2) is 49.7 Å². The minimum absolute atomic E-state index is 0. The lowest BCUT2D eigenvalue weighted by molar-refractivity contribution is 0.158. The smallest absolute Gasteiger partial charge is 0.191 e. The molecule has 6 heteroatoms. The lowest BCUT2D eigenvalue weighted by atomic mass is 10.0. The fourth-order valence-electron chi connectivity index (χ4n) is 3.77. The van der Waals surface area contributed by atoms with Gasteiger partial charge in [-0.05, 0) is 44.4 Å². The Balaban J connectivity index is 0.00000320. The molecule has 0 aromatic heterocycles. The molecule has 0 radical (unpaired) electrons. The average Bonchev–Trinajstić information content (AvgIpc) is 2.78. The van der Waals surface area contributed by atoms with Crippen molar-refractivity contribution in [1.29, 1.82) is 0 Å². The third-order valence-corrected chi connectivity index (χ3v) is 5.56. The van der Waals surface area contributed by atoms with Crippen LogP contribution in [0.3, 0.4) is 0 Å². The monoisotopic (exact) mass is 522 g/mol. The first-order valence-corrected chi connectivity index (χ1v) is 10.6. The number of piperidine rings is 1. The molecule has 1 saturated heterocycles. The van der Waals surface area contributed by atoms with E-state index in [-0.39, 0.29) is 30.1 Å². The maximum atomic E-state index is 5.93. The van der Waals surface area contributed by atoms with Gasteiger partial charge >= 0.3 is 0 Å². The number of likely N-dealkylation sites (tertiary alicyclic amines) is 1. The summed E-state index contributed by atoms with van der Waals surface area (Å²) in [5.41, 5.74) is 1.39. The van der Waals surface area contributed by atoms with Crippen molar-refractivity contribution in [1.82, 2.24) is 15.5 Å². The van der Waals surface area contributed by atoms with E-state index in [1.807, 2.05) is 37.4 Å². The van der Waals surface area contributed by atoms with Crippen molar-refractivity contribution in [2.75, 3.05) is 26.7 Å². The maximum Gasteiger partial charge on any atom is 0.191 e. The SMILES string of the molecule is CN=C(NCC(C)Oc1ccccc1)NC1CCN(C(C)c2ccccc2)CC1.I. The van der Waals surface area contributed by atoms with Crippen LogP contribution in [0.5, 0.6) is 5.75 Å². The summed E-state index contributed by atoms with van der Waals surface area (Å²) in [6, 6.07) is 21.6. The maximum absolute atomic E-state index is 5.93. The largest absolute Gasteiger partial charge is 0.489 e. The zero-order chi connectivity index (χ0) is 20.5. The zero-order valence-electron chi connectivity index (χ0n) is 18.3. The minimum atomic E-state index is 0. The fourth-order valence-corrected chi connectivity index (χ4v) is 3.77. The fraction of sp³-hybridized carbons (Fsp3) is 0.458. The number of hydrogen-bond donors (Lipinski definition) is 2. The molecule has 1 aliphatic heterocycles. The quantitative estimate of drug-likeness (QED) is 0.320. The second kappa shape index (κ2) is 12.8. The molecule has 0 bridgehead atoms. The molecule has 3 rings (SSSR count). The molecule has 1 aliphatic rings. The molecule has 0 aliphatic carbocycles. The standard InChI is InChI=1S/C24H34N4O.HI/c1-19(29-23-12-8-5-9-13-23)18-26-24(25-3)27-22-14-16-28(17-15-22)20(2)21-10-6-4-7-11-21;/h4-13,19-20,22H,14-18H2,1-3H3,(H2,25,26,27);1H. The highest BCUT2D eigenvalue weighted by Crippen LogP contribution is 2.23. The van der Waals surface area contributed by atoms with Crippen LogP contribution in [0.15, 0.2) is 65.7 Å². The van der Waals surface area contributed by atoms with Crippen LogP contribution in [0, 0.1) is 0 Å². The number of nitrogens with one attached hydrogen (secondary N) is 2. The topological polar surface area (TPSA) is 48.9 Å². The number of nitrogens with zero attached hydrogens (tertiary/aromatic N) is 2. The van der Waals surface area contributed by atoms with E-state index in [0.717, 1.165) is 37.6 Å². The number of ether oxygens (including phenoxy) is 1. The molecule has 2 N–H and O–H groups in total. The molecule has 2 aromatic carbocycles. The van der Waals surface area contributed by atoms with Crippen molar-refractivity contribution in [2.45, 2.75) is 44.9 Å². The summed E-state index contributed by atoms with van der Waals surface area (Å²) in [6.07, 6.45) is 2.30. The first-order chi connectivity index (χ1) is 14.2. The van der Waals surface area contributed by atoms with Gasteiger partial charge in [0.1, 0.15) is 11.9 Å². The number of aliphatic imine (C=N–C) groups is 1. The molecular weight excluding hydrogens is 487 g/mol. The Labute approximate surface area is 198 Å². The highest BCUT2D eigenvalue weighted by Gasteiger charge is 2.24. The van der Waals surface area contributed by atoms with E-state index < -0.39 is 0 Å². The third kappa shape index (κ3) is 7.47. The Morgan fingerprint density at radius 1 is 1.03 bits per heavy atom. The van der Waals surface area contributed by atoms with Gasteiger partial charge in [0.15, 0.2) is 5.96 Å². The van der Waals surface area contributed by atoms with Crippen molar-refractivity contribution in [2.24, 2.45) is 4.99 Å². The van der Waals surface area contributed by atoms with Crippen molar-refractivity contribution in [3.63, 3.8) is 0 Å². The van der Waals surface area contributed by atoms with Crippen molar-refractivity contribution < 1.29 is 4.74 Å². The van der Waals surface area contributed by atoms with Crippen LogP contribution >= 0.6 is 24.0 Å². The Morgan fingerprint density at radius 3 is 2.23 bits per heavy atom. The summed E-state index contributed by atoms with van der Waals surface area (Å²) in [5.74, 6) is 1.74. The van der Waals surface area contributed by atoms with Gasteiger partial charge in [0.25, 0.3) is 0 Å². The van der Waals surface area contributed by atoms with Gasteiger partial charge in [-0.15, -0.1) is 24.0 Å². The number of halogens is 1. The summed E-state index contributed by atoms with van der Waals surface area (Å²) in [5, 5.41) is 6.98. The van der Waals surface area contributed by atoms with Gasteiger partial charge in [-0.3, -0.25) is 9.89 Å². The highest BCUT2D eigenvalue weighted by atomic mass is 127. The molecule has 0 saturated carbocycles. The van der Waals surface area contributed by atoms with E-state index in [2.05, 4.69) is 64.7 Å². The molecule has 0 amide bonds. The molecule has 1 heterocycles. The van der Waals surface area contributed by atoms with Gasteiger partial charge in [0, 0.05) is 32.2 Å². The number of para-hydroxylation sites is 1. The van der Waals surface area contributed by atoms with Crippen molar-refractivity contribution in [3.05, 3.63) is 66.2 Å². The molecule has 0 spiro atoms. The van der Waals surface area contributed by atoms with E-state index >= 15 is 0 Å². The Bertz CT molecular complexity index is 748. The van der Waals surface area contributed by atoms with Gasteiger partial charge in [-0.1, -0.05) is 48.5 Å². The molecule has 2 atom stereocenters. The van der Waals surface area contributed by atoms with Crippen LogP contribution < -0.4 is 15.4 Å². The summed E-state index contributed by atoms with van der Waals surface area (Å²) in [4.78, 5) is 6.96. The lowest BCUT2D eigenvalue weighted by Crippen LogP contribution is -2.50. The van der Waals surface area contributed by atoms with Gasteiger partial charge in [0.05, 0.1) is 6.54 Å². The van der Waals surface area contributed by atoms with Crippen LogP contribution in [0.25, 0.3) is 0 Å². The number of hydrogen-bond acceptors (Lipinski definition) is 3. The zero-order valence-corrected chi connectivity index (χ0v) is 20.6. The first-order valence-electron chi connectivity index (χ1n) is 10.6. The summed E-state index contributed by atoms with van der Waals surface area (Å²) in [6.45, 7) is 7.27. The summed E-state index contributed by atoms with van der Waals surface area (Å²) in [7, 11) is 1.82. The summed E-state index contributed by atoms with van der Waals surface area (Å²) < 4.78 is 5.93. The molecule has 5 nitrogen and oxygen atoms in total. The Hall–Kier alpha value is -1.80. The van der Waals surface area contributed by atoms with E-state index in [1.54, 1.807) is 0 Å². The van der Waals surface area contributed by atoms with E-state index in [9.17, 15) is 0 Å². The Kier molecular flexibility index (Phi) is 10.4. The van der Waals surface area contributed by atoms with Crippen LogP contribution in [-0.2, 0) is 0 Å². The van der Waals surface area contributed by atoms with Crippen LogP contribution in [0.1, 0.15) is 38.3 Å². The van der Waals surface area contributed by atoms with E-state index in [1.165, 1.54) is 5.56 Å². The highest BCUT2D eigenvalue weighted by molar-refractivity contribution is 14.0. The van der Waals surface area contributed by atoms with Crippen molar-refractivity contribution >= 4 is 29.9 Å². The van der Waals surface area contributed by atoms with E-state index in [0.29, 0.717) is 18.6 Å². The predicted molar refractivity (Wildman–Crippen MR) is 136 cm³/mol. The Morgan fingerprint density at radius 2 is 1.63 bits per heavy atom. The second-order valence-corrected chi connectivity index (χ2v) is 7.74. The van der Waals surface area contributed by atoms with Gasteiger partial charge in [-0.25, -0.2) is 0 Å². The predicted octanol–water partition coefficient (Wildman–Crippen LogP) is 4.46. The number of rotatable bonds is 7. The molecule has 30 heavy (non-hydrogen) atoms. The van der Waals surface area contributed by atoms with Gasteiger partial charge in [0.2, 0.25) is 0 Å². The first kappa shape index (κ1) is 24.5. The lowest BCUT2D eigenvalue weighted by Gasteiger charge is -2.37. The molecular formula is C24H35IN4O. The number of guanidine groups is 1. The van der Waals surface area contributed by atoms with Crippen molar-refractivity contribution in [3.8, 4) is 5.75 Å². The number of benzene rings is 2. The van der Waals surface area contributed by atoms with Crippen LogP contribution in [0.2, 0.25) is 0 Å². The second-order valence-electron chi connectivity index (χ2n) is 7.74. The van der Waals surface area contributed by atoms with Gasteiger partial charge in [-0.2, -0.15) is 0 Å². The molecule has 2 unspecified atom stereocenters. The third-order valence-electron chi connectivity index (χ3n) is 5.56. The molecule has 2 aromatic rings.